The number of phenolic OH excluding ortho intramolecular Hbond substituents is 5. The Hall–Kier alpha value is -5.59. The molecule has 0 spiro atoms. The molecule has 0 fully saturated rings. The Labute approximate surface area is 459 Å². The van der Waals surface area contributed by atoms with Gasteiger partial charge in [-0.05, 0) is 94.7 Å². The molecule has 0 aliphatic carbocycles. The molecular formula is C42H44I5N9O15-2. The molecule has 0 bridgehead atoms. The van der Waals surface area contributed by atoms with Crippen molar-refractivity contribution in [2.45, 2.75) is 41.5 Å². The van der Waals surface area contributed by atoms with E-state index in [1.165, 1.54) is 14.7 Å². The molecule has 3 amide bonds. The number of aromatic hydroxyl groups is 5. The zero-order chi connectivity index (χ0) is 55.3. The van der Waals surface area contributed by atoms with E-state index in [1.807, 2.05) is 0 Å². The minimum absolute atomic E-state index is 0.0286. The first-order chi connectivity index (χ1) is 33.5. The third-order valence-electron chi connectivity index (χ3n) is 8.98. The van der Waals surface area contributed by atoms with Crippen LogP contribution in [0.3, 0.4) is 0 Å². The van der Waals surface area contributed by atoms with Gasteiger partial charge in [0.1, 0.15) is 40.7 Å². The van der Waals surface area contributed by atoms with E-state index in [0.29, 0.717) is 52.5 Å². The predicted molar refractivity (Wildman–Crippen MR) is 288 cm³/mol. The van der Waals surface area contributed by atoms with Gasteiger partial charge in [0, 0.05) is 100 Å². The average Bonchev–Trinajstić information content (AvgIpc) is 3.34. The normalized spacial score (nSPS) is 10.5. The van der Waals surface area contributed by atoms with Crippen molar-refractivity contribution in [3.63, 3.8) is 0 Å². The minimum atomic E-state index is -1.12. The quantitative estimate of drug-likeness (QED) is 0.0323. The number of phenols is 5. The summed E-state index contributed by atoms with van der Waals surface area (Å²) in [7, 11) is 0. The van der Waals surface area contributed by atoms with Crippen molar-refractivity contribution in [2.75, 3.05) is 39.3 Å². The summed E-state index contributed by atoms with van der Waals surface area (Å²) < 4.78 is 0. The molecule has 3 aromatic rings. The number of nitro benzene ring substituents is 3. The molecule has 24 nitrogen and oxygen atoms in total. The second kappa shape index (κ2) is 35.5. The van der Waals surface area contributed by atoms with Gasteiger partial charge in [0.2, 0.25) is 11.5 Å². The fourth-order valence-corrected chi connectivity index (χ4v) is 5.50. The van der Waals surface area contributed by atoms with Crippen LogP contribution in [0.25, 0.3) is 18.2 Å². The molecule has 29 heteroatoms. The van der Waals surface area contributed by atoms with Crippen LogP contribution < -0.4 is 18.4 Å². The molecular weight excluding hydrogens is 1510 g/mol. The van der Waals surface area contributed by atoms with E-state index in [2.05, 4.69) is 74.5 Å². The van der Waals surface area contributed by atoms with Gasteiger partial charge in [-0.2, -0.15) is 15.8 Å². The number of likely N-dealkylation sites (N-methyl/N-ethyl adjacent to an activating group) is 3. The SMILES string of the molecule is CCN(CC)C(=O)/C(C#N)=C/c1cc(O)c(O)c([N+](=O)[O-])c1.CCN(CC)C(=O)/C(C#N)=C/c1cc(O)c([O-])c([N+](=O)[O-])c1.CCN(CC)C(=O)/C(C#N)=C\c1cc(O)c(O)c([N+](=O)[O-])c1.II.I[I-]I. The molecule has 0 aromatic heterocycles. The summed E-state index contributed by atoms with van der Waals surface area (Å²) in [5.41, 5.74) is -2.75. The van der Waals surface area contributed by atoms with Crippen LogP contribution >= 0.6 is 74.5 Å². The first-order valence-electron chi connectivity index (χ1n) is 19.8. The molecule has 0 aliphatic heterocycles. The molecule has 71 heavy (non-hydrogen) atoms. The topological polar surface area (TPSA) is 386 Å². The molecule has 0 aliphatic rings. The number of carbonyl (C=O) groups excluding carboxylic acids is 3. The number of nitrogens with zero attached hydrogens (tertiary/aromatic N) is 9. The molecule has 0 unspecified atom stereocenters. The van der Waals surface area contributed by atoms with E-state index >= 15 is 0 Å². The van der Waals surface area contributed by atoms with Gasteiger partial charge in [-0.15, -0.1) is 0 Å². The Morgan fingerprint density at radius 3 is 0.972 bits per heavy atom. The fraction of sp³-hybridized carbons (Fsp3) is 0.286. The predicted octanol–water partition coefficient (Wildman–Crippen LogP) is 5.26. The van der Waals surface area contributed by atoms with Crippen molar-refractivity contribution < 1.29 is 73.0 Å². The monoisotopic (exact) mass is 1550 g/mol. The summed E-state index contributed by atoms with van der Waals surface area (Å²) in [6.45, 7) is 13.0. The molecule has 0 atom stereocenters. The summed E-state index contributed by atoms with van der Waals surface area (Å²) in [5.74, 6) is -6.61. The molecule has 0 saturated carbocycles. The third-order valence-corrected chi connectivity index (χ3v) is 8.98. The van der Waals surface area contributed by atoms with E-state index in [9.17, 15) is 75.4 Å². The van der Waals surface area contributed by atoms with Crippen LogP contribution in [0.1, 0.15) is 58.2 Å². The summed E-state index contributed by atoms with van der Waals surface area (Å²) in [5, 5.41) is 118. The maximum atomic E-state index is 12.1. The number of benzene rings is 3. The number of hydrogen-bond donors (Lipinski definition) is 5. The van der Waals surface area contributed by atoms with E-state index in [-0.39, 0.29) is 33.4 Å². The molecule has 5 N–H and O–H groups in total. The number of halogens is 5. The standard InChI is InChI=1S/3C14H15N3O5.I3.I2/c3*1-3-16(4-2)14(20)10(8-15)5-9-6-11(17(21)22)13(19)12(18)7-9;1-3-2;1-2/h3*5-7,18-19H,3-4H2,1-2H3;;/q;;;-1;/p-1/b2*10-5+;10-5-;;. The molecule has 3 rings (SSSR count). The average molecular weight is 1550 g/mol. The molecule has 0 radical (unpaired) electrons. The third kappa shape index (κ3) is 21.3. The van der Waals surface area contributed by atoms with Gasteiger partial charge in [-0.1, -0.05) is 0 Å². The Kier molecular flexibility index (Phi) is 33.7. The summed E-state index contributed by atoms with van der Waals surface area (Å²) in [4.78, 5) is 70.2. The van der Waals surface area contributed by atoms with E-state index in [0.717, 1.165) is 54.6 Å². The number of carbonyl (C=O) groups is 3. The van der Waals surface area contributed by atoms with Gasteiger partial charge in [0.15, 0.2) is 11.5 Å². The van der Waals surface area contributed by atoms with Crippen LogP contribution in [0.2, 0.25) is 0 Å². The zero-order valence-corrected chi connectivity index (χ0v) is 49.0. The van der Waals surface area contributed by atoms with Crippen molar-refractivity contribution in [2.24, 2.45) is 0 Å². The molecule has 384 valence electrons. The molecule has 3 aromatic carbocycles. The van der Waals surface area contributed by atoms with Crippen LogP contribution in [0.5, 0.6) is 34.5 Å². The van der Waals surface area contributed by atoms with E-state index < -0.39 is 84.1 Å². The van der Waals surface area contributed by atoms with Gasteiger partial charge >= 0.3 is 61.9 Å². The van der Waals surface area contributed by atoms with Crippen molar-refractivity contribution in [1.29, 1.82) is 15.8 Å². The fourth-order valence-electron chi connectivity index (χ4n) is 5.50. The number of amides is 3. The number of rotatable bonds is 15. The molecule has 0 heterocycles. The number of nitro groups is 3. The van der Waals surface area contributed by atoms with Crippen molar-refractivity contribution >= 4 is 127 Å². The summed E-state index contributed by atoms with van der Waals surface area (Å²) >= 11 is 9.54. The number of nitriles is 3. The first kappa shape index (κ1) is 67.5. The van der Waals surface area contributed by atoms with Crippen LogP contribution in [-0.4, -0.2) is 112 Å². The van der Waals surface area contributed by atoms with Crippen LogP contribution in [0.15, 0.2) is 53.1 Å². The van der Waals surface area contributed by atoms with Crippen LogP contribution in [0, 0.1) is 64.3 Å². The van der Waals surface area contributed by atoms with Gasteiger partial charge in [0.25, 0.3) is 23.4 Å². The zero-order valence-electron chi connectivity index (χ0n) is 38.2. The molecule has 0 saturated heterocycles. The summed E-state index contributed by atoms with van der Waals surface area (Å²) in [6, 6.07) is 11.1. The van der Waals surface area contributed by atoms with Crippen molar-refractivity contribution in [3.05, 3.63) is 100 Å². The van der Waals surface area contributed by atoms with Gasteiger partial charge in [-0.3, -0.25) is 44.7 Å². The maximum absolute atomic E-state index is 12.1. The Balaban J connectivity index is 0. The first-order valence-corrected chi connectivity index (χ1v) is 38.7. The van der Waals surface area contributed by atoms with Crippen LogP contribution in [-0.2, 0) is 14.4 Å². The van der Waals surface area contributed by atoms with Crippen molar-refractivity contribution in [1.82, 2.24) is 14.7 Å². The van der Waals surface area contributed by atoms with Gasteiger partial charge in [0.05, 0.1) is 14.8 Å². The van der Waals surface area contributed by atoms with Gasteiger partial charge < -0.3 is 45.3 Å². The number of hydrogen-bond acceptors (Lipinski definition) is 18. The van der Waals surface area contributed by atoms with E-state index in [1.54, 1.807) is 59.8 Å². The van der Waals surface area contributed by atoms with E-state index in [4.69, 9.17) is 15.8 Å². The second-order valence-corrected chi connectivity index (χ2v) is 29.2. The van der Waals surface area contributed by atoms with Crippen molar-refractivity contribution in [3.8, 4) is 52.7 Å². The Morgan fingerprint density at radius 2 is 0.761 bits per heavy atom. The van der Waals surface area contributed by atoms with Gasteiger partial charge in [-0.25, -0.2) is 0 Å². The Bertz CT molecular complexity index is 2340. The van der Waals surface area contributed by atoms with Crippen LogP contribution in [0.4, 0.5) is 17.1 Å². The summed E-state index contributed by atoms with van der Waals surface area (Å²) in [6.07, 6.45) is 3.37. The second-order valence-electron chi connectivity index (χ2n) is 13.0. The Morgan fingerprint density at radius 1 is 0.535 bits per heavy atom.